The Morgan fingerprint density at radius 2 is 1.85 bits per heavy atom. The Morgan fingerprint density at radius 1 is 1.04 bits per heavy atom. The molecule has 0 radical (unpaired) electrons. The monoisotopic (exact) mass is 360 g/mol. The van der Waals surface area contributed by atoms with Gasteiger partial charge in [0.1, 0.15) is 5.01 Å². The van der Waals surface area contributed by atoms with Gasteiger partial charge in [0.15, 0.2) is 0 Å². The van der Waals surface area contributed by atoms with Crippen LogP contribution in [0.1, 0.15) is 16.1 Å². The third kappa shape index (κ3) is 3.55. The van der Waals surface area contributed by atoms with E-state index in [1.165, 1.54) is 0 Å². The van der Waals surface area contributed by atoms with Gasteiger partial charge >= 0.3 is 0 Å². The largest absolute Gasteiger partial charge is 0.346 e. The van der Waals surface area contributed by atoms with Crippen LogP contribution in [0.4, 0.5) is 0 Å². The molecule has 0 aliphatic carbocycles. The van der Waals surface area contributed by atoms with Crippen molar-refractivity contribution in [1.82, 2.24) is 20.1 Å². The molecule has 0 saturated heterocycles. The van der Waals surface area contributed by atoms with Crippen molar-refractivity contribution in [2.75, 3.05) is 0 Å². The lowest BCUT2D eigenvalue weighted by molar-refractivity contribution is 0.0950. The average Bonchev–Trinajstić information content (AvgIpc) is 3.39. The number of benzene rings is 2. The summed E-state index contributed by atoms with van der Waals surface area (Å²) in [5.41, 5.74) is 3.47. The van der Waals surface area contributed by atoms with E-state index in [0.29, 0.717) is 12.1 Å². The molecule has 0 aliphatic heterocycles. The number of nitrogens with one attached hydrogen (secondary N) is 1. The number of thiazole rings is 1. The molecule has 26 heavy (non-hydrogen) atoms. The molecule has 2 aromatic carbocycles. The highest BCUT2D eigenvalue weighted by Crippen LogP contribution is 2.23. The second kappa shape index (κ2) is 7.33. The van der Waals surface area contributed by atoms with Crippen LogP contribution in [0.5, 0.6) is 0 Å². The van der Waals surface area contributed by atoms with Crippen LogP contribution in [-0.2, 0) is 6.54 Å². The van der Waals surface area contributed by atoms with E-state index in [9.17, 15) is 4.79 Å². The minimum absolute atomic E-state index is 0.119. The SMILES string of the molecule is O=C(NCc1csc(-c2ccccc2)n1)c1ccc(-n2cccn2)cc1. The Labute approximate surface area is 155 Å². The van der Waals surface area contributed by atoms with E-state index in [2.05, 4.69) is 15.4 Å². The molecule has 4 aromatic rings. The number of nitrogens with zero attached hydrogens (tertiary/aromatic N) is 3. The van der Waals surface area contributed by atoms with Gasteiger partial charge in [-0.05, 0) is 30.3 Å². The van der Waals surface area contributed by atoms with Gasteiger partial charge in [0, 0.05) is 28.9 Å². The minimum Gasteiger partial charge on any atom is -0.346 e. The van der Waals surface area contributed by atoms with E-state index in [4.69, 9.17) is 0 Å². The van der Waals surface area contributed by atoms with Gasteiger partial charge in [-0.25, -0.2) is 9.67 Å². The van der Waals surface area contributed by atoms with Gasteiger partial charge in [-0.15, -0.1) is 11.3 Å². The second-order valence-corrected chi connectivity index (χ2v) is 6.55. The Balaban J connectivity index is 1.39. The Hall–Kier alpha value is -3.25. The zero-order valence-electron chi connectivity index (χ0n) is 13.9. The average molecular weight is 360 g/mol. The van der Waals surface area contributed by atoms with Gasteiger partial charge < -0.3 is 5.32 Å². The number of aromatic nitrogens is 3. The first kappa shape index (κ1) is 16.2. The fourth-order valence-corrected chi connectivity index (χ4v) is 3.39. The zero-order chi connectivity index (χ0) is 17.8. The molecule has 1 N–H and O–H groups in total. The van der Waals surface area contributed by atoms with Crippen LogP contribution in [-0.4, -0.2) is 20.7 Å². The molecule has 5 nitrogen and oxygen atoms in total. The summed E-state index contributed by atoms with van der Waals surface area (Å²) in [6.45, 7) is 0.406. The number of hydrogen-bond donors (Lipinski definition) is 1. The molecule has 0 saturated carbocycles. The van der Waals surface area contributed by atoms with Crippen molar-refractivity contribution in [2.45, 2.75) is 6.54 Å². The van der Waals surface area contributed by atoms with Gasteiger partial charge in [-0.2, -0.15) is 5.10 Å². The molecule has 0 fully saturated rings. The summed E-state index contributed by atoms with van der Waals surface area (Å²) in [4.78, 5) is 16.9. The number of amides is 1. The standard InChI is InChI=1S/C20H16N4OS/c25-19(15-7-9-18(10-8-15)24-12-4-11-22-24)21-13-17-14-26-20(23-17)16-5-2-1-3-6-16/h1-12,14H,13H2,(H,21,25). The van der Waals surface area contributed by atoms with E-state index < -0.39 is 0 Å². The predicted molar refractivity (Wildman–Crippen MR) is 102 cm³/mol. The summed E-state index contributed by atoms with van der Waals surface area (Å²) in [6.07, 6.45) is 3.58. The van der Waals surface area contributed by atoms with E-state index in [1.54, 1.807) is 34.3 Å². The Bertz CT molecular complexity index is 992. The van der Waals surface area contributed by atoms with Crippen molar-refractivity contribution >= 4 is 17.2 Å². The van der Waals surface area contributed by atoms with E-state index in [0.717, 1.165) is 22.0 Å². The second-order valence-electron chi connectivity index (χ2n) is 5.69. The lowest BCUT2D eigenvalue weighted by Crippen LogP contribution is -2.22. The highest BCUT2D eigenvalue weighted by Gasteiger charge is 2.08. The maximum absolute atomic E-state index is 12.3. The van der Waals surface area contributed by atoms with Gasteiger partial charge in [0.2, 0.25) is 0 Å². The zero-order valence-corrected chi connectivity index (χ0v) is 14.7. The first-order chi connectivity index (χ1) is 12.8. The fraction of sp³-hybridized carbons (Fsp3) is 0.0500. The van der Waals surface area contributed by atoms with Crippen LogP contribution in [0, 0.1) is 0 Å². The van der Waals surface area contributed by atoms with Gasteiger partial charge in [0.05, 0.1) is 17.9 Å². The van der Waals surface area contributed by atoms with Crippen molar-refractivity contribution in [1.29, 1.82) is 0 Å². The maximum atomic E-state index is 12.3. The van der Waals surface area contributed by atoms with Crippen molar-refractivity contribution in [3.63, 3.8) is 0 Å². The number of carbonyl (C=O) groups excluding carboxylic acids is 1. The van der Waals surface area contributed by atoms with E-state index in [-0.39, 0.29) is 5.91 Å². The molecule has 0 bridgehead atoms. The van der Waals surface area contributed by atoms with Gasteiger partial charge in [-0.3, -0.25) is 4.79 Å². The van der Waals surface area contributed by atoms with Crippen molar-refractivity contribution in [3.05, 3.63) is 89.7 Å². The summed E-state index contributed by atoms with van der Waals surface area (Å²) >= 11 is 1.58. The highest BCUT2D eigenvalue weighted by atomic mass is 32.1. The van der Waals surface area contributed by atoms with Gasteiger partial charge in [-0.1, -0.05) is 30.3 Å². The Kier molecular flexibility index (Phi) is 4.57. The third-order valence-electron chi connectivity index (χ3n) is 3.90. The molecule has 4 rings (SSSR count). The van der Waals surface area contributed by atoms with Crippen molar-refractivity contribution in [2.24, 2.45) is 0 Å². The smallest absolute Gasteiger partial charge is 0.251 e. The summed E-state index contributed by atoms with van der Waals surface area (Å²) < 4.78 is 1.75. The van der Waals surface area contributed by atoms with Gasteiger partial charge in [0.25, 0.3) is 5.91 Å². The van der Waals surface area contributed by atoms with E-state index >= 15 is 0 Å². The van der Waals surface area contributed by atoms with Crippen LogP contribution in [0.3, 0.4) is 0 Å². The summed E-state index contributed by atoms with van der Waals surface area (Å²) in [5, 5.41) is 10.0. The molecule has 0 spiro atoms. The molecule has 1 amide bonds. The topological polar surface area (TPSA) is 59.8 Å². The highest BCUT2D eigenvalue weighted by molar-refractivity contribution is 7.13. The molecule has 0 unspecified atom stereocenters. The summed E-state index contributed by atoms with van der Waals surface area (Å²) in [5.74, 6) is -0.119. The fourth-order valence-electron chi connectivity index (χ4n) is 2.56. The van der Waals surface area contributed by atoms with Crippen LogP contribution in [0.2, 0.25) is 0 Å². The molecular weight excluding hydrogens is 344 g/mol. The van der Waals surface area contributed by atoms with Crippen molar-refractivity contribution in [3.8, 4) is 16.3 Å². The molecule has 6 heteroatoms. The molecular formula is C20H16N4OS. The summed E-state index contributed by atoms with van der Waals surface area (Å²) in [7, 11) is 0. The first-order valence-corrected chi connectivity index (χ1v) is 9.06. The first-order valence-electron chi connectivity index (χ1n) is 8.18. The lowest BCUT2D eigenvalue weighted by Gasteiger charge is -2.05. The van der Waals surface area contributed by atoms with Crippen LogP contribution >= 0.6 is 11.3 Å². The third-order valence-corrected chi connectivity index (χ3v) is 4.84. The van der Waals surface area contributed by atoms with E-state index in [1.807, 2.05) is 60.1 Å². The minimum atomic E-state index is -0.119. The number of hydrogen-bond acceptors (Lipinski definition) is 4. The van der Waals surface area contributed by atoms with Crippen LogP contribution < -0.4 is 5.32 Å². The number of rotatable bonds is 5. The molecule has 128 valence electrons. The van der Waals surface area contributed by atoms with Crippen LogP contribution in [0.15, 0.2) is 78.4 Å². The van der Waals surface area contributed by atoms with Crippen molar-refractivity contribution < 1.29 is 4.79 Å². The molecule has 0 atom stereocenters. The number of carbonyl (C=O) groups is 1. The predicted octanol–water partition coefficient (Wildman–Crippen LogP) is 3.93. The van der Waals surface area contributed by atoms with Crippen LogP contribution in [0.25, 0.3) is 16.3 Å². The molecule has 2 heterocycles. The maximum Gasteiger partial charge on any atom is 0.251 e. The quantitative estimate of drug-likeness (QED) is 0.587. The lowest BCUT2D eigenvalue weighted by atomic mass is 10.2. The summed E-state index contributed by atoms with van der Waals surface area (Å²) in [6, 6.07) is 19.2. The normalized spacial score (nSPS) is 10.6. The molecule has 0 aliphatic rings. The molecule has 2 aromatic heterocycles. The Morgan fingerprint density at radius 3 is 2.58 bits per heavy atom.